The van der Waals surface area contributed by atoms with Gasteiger partial charge in [0.1, 0.15) is 5.56 Å². The second-order valence-corrected chi connectivity index (χ2v) is 5.70. The van der Waals surface area contributed by atoms with Crippen LogP contribution < -0.4 is 5.32 Å². The van der Waals surface area contributed by atoms with Crippen molar-refractivity contribution >= 4 is 28.7 Å². The predicted octanol–water partition coefficient (Wildman–Crippen LogP) is 3.05. The first-order valence-corrected chi connectivity index (χ1v) is 7.48. The monoisotopic (exact) mass is 318 g/mol. The molecule has 1 amide bonds. The van der Waals surface area contributed by atoms with Gasteiger partial charge in [-0.15, -0.1) is 11.3 Å². The van der Waals surface area contributed by atoms with Crippen molar-refractivity contribution in [1.29, 1.82) is 0 Å². The Labute approximate surface area is 130 Å². The number of Topliss-reactive ketones (excluding diaryl/α,β-unsaturated/α-hetero) is 1. The van der Waals surface area contributed by atoms with Crippen molar-refractivity contribution in [3.63, 3.8) is 0 Å². The third-order valence-electron chi connectivity index (χ3n) is 3.01. The van der Waals surface area contributed by atoms with Gasteiger partial charge in [0, 0.05) is 18.5 Å². The highest BCUT2D eigenvalue weighted by atomic mass is 32.1. The maximum atomic E-state index is 12.1. The molecule has 2 rings (SSSR count). The Bertz CT molecular complexity index is 697. The van der Waals surface area contributed by atoms with E-state index in [4.69, 9.17) is 0 Å². The van der Waals surface area contributed by atoms with E-state index >= 15 is 0 Å². The van der Waals surface area contributed by atoms with E-state index in [9.17, 15) is 19.7 Å². The SMILES string of the molecule is CC(CC(=O)c1cccs1)NC(=O)c1ccccc1[N+](=O)[O-]. The fourth-order valence-corrected chi connectivity index (χ4v) is 2.67. The predicted molar refractivity (Wildman–Crippen MR) is 83.3 cm³/mol. The number of para-hydroxylation sites is 1. The number of nitro groups is 1. The minimum absolute atomic E-state index is 0.0112. The third-order valence-corrected chi connectivity index (χ3v) is 3.92. The van der Waals surface area contributed by atoms with Crippen LogP contribution in [0, 0.1) is 10.1 Å². The largest absolute Gasteiger partial charge is 0.349 e. The molecule has 0 saturated carbocycles. The Hall–Kier alpha value is -2.54. The molecule has 0 saturated heterocycles. The molecule has 2 aromatic rings. The number of thiophene rings is 1. The summed E-state index contributed by atoms with van der Waals surface area (Å²) in [7, 11) is 0. The molecule has 1 aromatic heterocycles. The molecular formula is C15H14N2O4S. The standard InChI is InChI=1S/C15H14N2O4S/c1-10(9-13(18)14-7-4-8-22-14)16-15(19)11-5-2-3-6-12(11)17(20)21/h2-8,10H,9H2,1H3,(H,16,19). The average Bonchev–Trinajstić information content (AvgIpc) is 3.01. The van der Waals surface area contributed by atoms with Gasteiger partial charge in [0.25, 0.3) is 11.6 Å². The molecule has 0 aliphatic carbocycles. The van der Waals surface area contributed by atoms with Crippen molar-refractivity contribution in [3.05, 3.63) is 62.3 Å². The number of nitrogens with zero attached hydrogens (tertiary/aromatic N) is 1. The Morgan fingerprint density at radius 1 is 1.27 bits per heavy atom. The lowest BCUT2D eigenvalue weighted by Crippen LogP contribution is -2.34. The fraction of sp³-hybridized carbons (Fsp3) is 0.200. The van der Waals surface area contributed by atoms with Gasteiger partial charge < -0.3 is 5.32 Å². The minimum Gasteiger partial charge on any atom is -0.349 e. The molecule has 1 aromatic carbocycles. The van der Waals surface area contributed by atoms with Crippen molar-refractivity contribution in [2.75, 3.05) is 0 Å². The molecule has 1 unspecified atom stereocenters. The van der Waals surface area contributed by atoms with Crippen molar-refractivity contribution in [2.24, 2.45) is 0 Å². The van der Waals surface area contributed by atoms with Crippen LogP contribution in [0.1, 0.15) is 33.4 Å². The summed E-state index contributed by atoms with van der Waals surface area (Å²) in [6, 6.07) is 8.82. The molecule has 1 heterocycles. The van der Waals surface area contributed by atoms with Gasteiger partial charge in [-0.2, -0.15) is 0 Å². The number of rotatable bonds is 6. The van der Waals surface area contributed by atoms with Gasteiger partial charge in [-0.25, -0.2) is 0 Å². The molecule has 22 heavy (non-hydrogen) atoms. The van der Waals surface area contributed by atoms with Gasteiger partial charge in [-0.05, 0) is 24.4 Å². The lowest BCUT2D eigenvalue weighted by Gasteiger charge is -2.12. The highest BCUT2D eigenvalue weighted by Gasteiger charge is 2.21. The zero-order valence-electron chi connectivity index (χ0n) is 11.8. The second-order valence-electron chi connectivity index (χ2n) is 4.75. The number of carbonyl (C=O) groups is 2. The van der Waals surface area contributed by atoms with E-state index < -0.39 is 16.9 Å². The Kier molecular flexibility index (Phi) is 5.00. The van der Waals surface area contributed by atoms with Gasteiger partial charge >= 0.3 is 0 Å². The van der Waals surface area contributed by atoms with E-state index in [2.05, 4.69) is 5.32 Å². The van der Waals surface area contributed by atoms with Crippen LogP contribution in [0.2, 0.25) is 0 Å². The van der Waals surface area contributed by atoms with Gasteiger partial charge in [0.15, 0.2) is 5.78 Å². The number of amides is 1. The van der Waals surface area contributed by atoms with Crippen molar-refractivity contribution in [1.82, 2.24) is 5.32 Å². The van der Waals surface area contributed by atoms with Gasteiger partial charge in [0.05, 0.1) is 9.80 Å². The Balaban J connectivity index is 2.03. The summed E-state index contributed by atoms with van der Waals surface area (Å²) in [5.74, 6) is -0.621. The minimum atomic E-state index is -0.601. The summed E-state index contributed by atoms with van der Waals surface area (Å²) in [4.78, 5) is 35.0. The van der Waals surface area contributed by atoms with Crippen LogP contribution in [0.15, 0.2) is 41.8 Å². The molecule has 0 bridgehead atoms. The number of benzene rings is 1. The van der Waals surface area contributed by atoms with Gasteiger partial charge in [-0.1, -0.05) is 18.2 Å². The molecule has 0 spiro atoms. The number of nitro benzene ring substituents is 1. The molecule has 0 aliphatic heterocycles. The number of hydrogen-bond acceptors (Lipinski definition) is 5. The summed E-state index contributed by atoms with van der Waals surface area (Å²) in [5.41, 5.74) is -0.264. The highest BCUT2D eigenvalue weighted by molar-refractivity contribution is 7.12. The smallest absolute Gasteiger partial charge is 0.282 e. The highest BCUT2D eigenvalue weighted by Crippen LogP contribution is 2.18. The summed E-state index contributed by atoms with van der Waals surface area (Å²) in [6.07, 6.45) is 0.146. The maximum absolute atomic E-state index is 12.1. The van der Waals surface area contributed by atoms with Crippen molar-refractivity contribution < 1.29 is 14.5 Å². The van der Waals surface area contributed by atoms with Gasteiger partial charge in [-0.3, -0.25) is 19.7 Å². The molecule has 114 valence electrons. The van der Waals surface area contributed by atoms with Crippen molar-refractivity contribution in [2.45, 2.75) is 19.4 Å². The van der Waals surface area contributed by atoms with Gasteiger partial charge in [0.2, 0.25) is 0 Å². The molecule has 1 N–H and O–H groups in total. The zero-order chi connectivity index (χ0) is 16.1. The van der Waals surface area contributed by atoms with E-state index in [-0.39, 0.29) is 23.5 Å². The summed E-state index contributed by atoms with van der Waals surface area (Å²) < 4.78 is 0. The van der Waals surface area contributed by atoms with Crippen LogP contribution in [0.3, 0.4) is 0 Å². The third kappa shape index (κ3) is 3.76. The first-order chi connectivity index (χ1) is 10.5. The molecule has 0 aliphatic rings. The van der Waals surface area contributed by atoms with E-state index in [1.807, 2.05) is 5.38 Å². The quantitative estimate of drug-likeness (QED) is 0.503. The van der Waals surface area contributed by atoms with Crippen LogP contribution in [-0.4, -0.2) is 22.7 Å². The normalized spacial score (nSPS) is 11.7. The van der Waals surface area contributed by atoms with Crippen LogP contribution in [-0.2, 0) is 0 Å². The first kappa shape index (κ1) is 15.8. The molecule has 0 fully saturated rings. The van der Waals surface area contributed by atoms with Crippen LogP contribution in [0.5, 0.6) is 0 Å². The second kappa shape index (κ2) is 6.95. The lowest BCUT2D eigenvalue weighted by atomic mass is 10.1. The number of nitrogens with one attached hydrogen (secondary N) is 1. The molecule has 7 heteroatoms. The zero-order valence-corrected chi connectivity index (χ0v) is 12.6. The summed E-state index contributed by atoms with van der Waals surface area (Å²) >= 11 is 1.34. The lowest BCUT2D eigenvalue weighted by molar-refractivity contribution is -0.385. The average molecular weight is 318 g/mol. The first-order valence-electron chi connectivity index (χ1n) is 6.60. The number of carbonyl (C=O) groups excluding carboxylic acids is 2. The fourth-order valence-electron chi connectivity index (χ4n) is 1.99. The van der Waals surface area contributed by atoms with E-state index in [0.717, 1.165) is 0 Å². The van der Waals surface area contributed by atoms with Crippen LogP contribution in [0.4, 0.5) is 5.69 Å². The molecule has 1 atom stereocenters. The van der Waals surface area contributed by atoms with E-state index in [1.165, 1.54) is 29.5 Å². The summed E-state index contributed by atoms with van der Waals surface area (Å²) in [6.45, 7) is 1.69. The topological polar surface area (TPSA) is 89.3 Å². The van der Waals surface area contributed by atoms with Crippen LogP contribution >= 0.6 is 11.3 Å². The Morgan fingerprint density at radius 3 is 2.64 bits per heavy atom. The Morgan fingerprint density at radius 2 is 2.00 bits per heavy atom. The molecular weight excluding hydrogens is 304 g/mol. The molecule has 6 nitrogen and oxygen atoms in total. The number of ketones is 1. The molecule has 0 radical (unpaired) electrons. The van der Waals surface area contributed by atoms with E-state index in [1.54, 1.807) is 25.1 Å². The van der Waals surface area contributed by atoms with E-state index in [0.29, 0.717) is 4.88 Å². The summed E-state index contributed by atoms with van der Waals surface area (Å²) in [5, 5.41) is 15.4. The van der Waals surface area contributed by atoms with Crippen molar-refractivity contribution in [3.8, 4) is 0 Å². The number of hydrogen-bond donors (Lipinski definition) is 1. The maximum Gasteiger partial charge on any atom is 0.282 e. The van der Waals surface area contributed by atoms with Crippen LogP contribution in [0.25, 0.3) is 0 Å².